The van der Waals surface area contributed by atoms with Gasteiger partial charge in [0.05, 0.1) is 12.8 Å². The summed E-state index contributed by atoms with van der Waals surface area (Å²) in [6.07, 6.45) is 5.21. The molecule has 0 aromatic carbocycles. The van der Waals surface area contributed by atoms with Crippen LogP contribution in [-0.2, 0) is 18.4 Å². The minimum Gasteiger partial charge on any atom is -0.466 e. The lowest BCUT2D eigenvalue weighted by Crippen LogP contribution is -2.41. The van der Waals surface area contributed by atoms with E-state index < -0.39 is 5.60 Å². The number of rotatable bonds is 5. The second-order valence-corrected chi connectivity index (χ2v) is 7.09. The van der Waals surface area contributed by atoms with Gasteiger partial charge < -0.3 is 19.4 Å². The maximum atomic E-state index is 12.6. The number of furan rings is 1. The molecular weight excluding hydrogens is 340 g/mol. The molecule has 0 aliphatic heterocycles. The number of aliphatic hydroxyl groups is 1. The van der Waals surface area contributed by atoms with E-state index in [0.29, 0.717) is 16.3 Å². The molecule has 25 heavy (non-hydrogen) atoms. The minimum atomic E-state index is -1.42. The topological polar surface area (TPSA) is 88.5 Å². The van der Waals surface area contributed by atoms with Gasteiger partial charge in [0.2, 0.25) is 0 Å². The standard InChI is InChI=1S/C18H18N2O4S/c21-17(16-12-5-1-2-6-13(12)24-20-16)19-11-18(22,14-7-3-9-23-14)15-8-4-10-25-15/h3-4,7-10,22H,1-2,5-6,11H2,(H,19,21)/t18-/m0/s1. The molecule has 0 fully saturated rings. The van der Waals surface area contributed by atoms with Crippen molar-refractivity contribution in [3.8, 4) is 0 Å². The summed E-state index contributed by atoms with van der Waals surface area (Å²) in [5.41, 5.74) is -0.207. The third kappa shape index (κ3) is 2.89. The summed E-state index contributed by atoms with van der Waals surface area (Å²) in [4.78, 5) is 13.3. The third-order valence-electron chi connectivity index (χ3n) is 4.53. The molecule has 3 aromatic rings. The van der Waals surface area contributed by atoms with Gasteiger partial charge in [-0.15, -0.1) is 11.3 Å². The number of aromatic nitrogens is 1. The van der Waals surface area contributed by atoms with Gasteiger partial charge in [0.15, 0.2) is 11.3 Å². The third-order valence-corrected chi connectivity index (χ3v) is 5.55. The van der Waals surface area contributed by atoms with Gasteiger partial charge in [-0.2, -0.15) is 0 Å². The Bertz CT molecular complexity index is 818. The first-order valence-electron chi connectivity index (χ1n) is 8.24. The molecule has 4 rings (SSSR count). The highest BCUT2D eigenvalue weighted by Crippen LogP contribution is 2.33. The fraction of sp³-hybridized carbons (Fsp3) is 0.333. The lowest BCUT2D eigenvalue weighted by Gasteiger charge is -2.25. The van der Waals surface area contributed by atoms with Crippen molar-refractivity contribution in [3.05, 3.63) is 63.6 Å². The number of fused-ring (bicyclic) bond motifs is 1. The molecule has 1 aliphatic rings. The Kier molecular flexibility index (Phi) is 4.19. The van der Waals surface area contributed by atoms with Crippen LogP contribution in [0.3, 0.4) is 0 Å². The Morgan fingerprint density at radius 2 is 2.20 bits per heavy atom. The van der Waals surface area contributed by atoms with Crippen molar-refractivity contribution >= 4 is 17.2 Å². The summed E-state index contributed by atoms with van der Waals surface area (Å²) >= 11 is 1.40. The normalized spacial score (nSPS) is 16.2. The van der Waals surface area contributed by atoms with Crippen LogP contribution in [0.5, 0.6) is 0 Å². The van der Waals surface area contributed by atoms with Crippen LogP contribution in [0.15, 0.2) is 44.8 Å². The molecule has 0 bridgehead atoms. The van der Waals surface area contributed by atoms with Crippen LogP contribution in [-0.4, -0.2) is 22.7 Å². The smallest absolute Gasteiger partial charge is 0.273 e. The van der Waals surface area contributed by atoms with Gasteiger partial charge in [-0.25, -0.2) is 0 Å². The molecule has 6 nitrogen and oxygen atoms in total. The predicted molar refractivity (Wildman–Crippen MR) is 91.5 cm³/mol. The zero-order valence-corrected chi connectivity index (χ0v) is 14.3. The van der Waals surface area contributed by atoms with Gasteiger partial charge in [0, 0.05) is 16.9 Å². The van der Waals surface area contributed by atoms with E-state index in [1.54, 1.807) is 12.1 Å². The van der Waals surface area contributed by atoms with Crippen LogP contribution >= 0.6 is 11.3 Å². The Hall–Kier alpha value is -2.38. The first kappa shape index (κ1) is 16.1. The van der Waals surface area contributed by atoms with Crippen molar-refractivity contribution in [1.29, 1.82) is 0 Å². The molecule has 1 amide bonds. The fourth-order valence-corrected chi connectivity index (χ4v) is 4.01. The van der Waals surface area contributed by atoms with Gasteiger partial charge in [-0.3, -0.25) is 4.79 Å². The summed E-state index contributed by atoms with van der Waals surface area (Å²) in [6.45, 7) is -0.0124. The van der Waals surface area contributed by atoms with Crippen molar-refractivity contribution in [2.75, 3.05) is 6.54 Å². The Labute approximate surface area is 148 Å². The average Bonchev–Trinajstić information content (AvgIpc) is 3.40. The van der Waals surface area contributed by atoms with E-state index in [2.05, 4.69) is 10.5 Å². The molecule has 1 atom stereocenters. The molecule has 0 saturated heterocycles. The van der Waals surface area contributed by atoms with Crippen molar-refractivity contribution in [1.82, 2.24) is 10.5 Å². The summed E-state index contributed by atoms with van der Waals surface area (Å²) in [5.74, 6) is 0.849. The summed E-state index contributed by atoms with van der Waals surface area (Å²) in [7, 11) is 0. The predicted octanol–water partition coefficient (Wildman–Crippen LogP) is 2.87. The molecule has 0 unspecified atom stereocenters. The number of hydrogen-bond acceptors (Lipinski definition) is 6. The van der Waals surface area contributed by atoms with Gasteiger partial charge in [-0.05, 0) is 42.8 Å². The Morgan fingerprint density at radius 1 is 1.32 bits per heavy atom. The highest BCUT2D eigenvalue weighted by molar-refractivity contribution is 7.10. The number of carbonyl (C=O) groups is 1. The first-order valence-corrected chi connectivity index (χ1v) is 9.12. The maximum absolute atomic E-state index is 12.6. The zero-order valence-electron chi connectivity index (χ0n) is 13.5. The van der Waals surface area contributed by atoms with Crippen molar-refractivity contribution in [3.63, 3.8) is 0 Å². The van der Waals surface area contributed by atoms with Crippen molar-refractivity contribution < 1.29 is 18.8 Å². The number of carbonyl (C=O) groups excluding carboxylic acids is 1. The summed E-state index contributed by atoms with van der Waals surface area (Å²) < 4.78 is 10.7. The van der Waals surface area contributed by atoms with Crippen LogP contribution in [0.2, 0.25) is 0 Å². The maximum Gasteiger partial charge on any atom is 0.273 e. The van der Waals surface area contributed by atoms with Gasteiger partial charge in [-0.1, -0.05) is 11.2 Å². The Morgan fingerprint density at radius 3 is 2.96 bits per heavy atom. The Balaban J connectivity index is 1.56. The monoisotopic (exact) mass is 358 g/mol. The highest BCUT2D eigenvalue weighted by atomic mass is 32.1. The quantitative estimate of drug-likeness (QED) is 0.732. The SMILES string of the molecule is O=C(NC[C@](O)(c1ccco1)c1cccs1)c1noc2c1CCCC2. The second kappa shape index (κ2) is 6.50. The van der Waals surface area contributed by atoms with Gasteiger partial charge >= 0.3 is 0 Å². The molecule has 1 aliphatic carbocycles. The minimum absolute atomic E-state index is 0.0124. The lowest BCUT2D eigenvalue weighted by molar-refractivity contribution is 0.0551. The van der Waals surface area contributed by atoms with E-state index in [9.17, 15) is 9.90 Å². The van der Waals surface area contributed by atoms with E-state index >= 15 is 0 Å². The van der Waals surface area contributed by atoms with E-state index in [0.717, 1.165) is 37.0 Å². The van der Waals surface area contributed by atoms with Crippen molar-refractivity contribution in [2.45, 2.75) is 31.3 Å². The number of thiophene rings is 1. The highest BCUT2D eigenvalue weighted by Gasteiger charge is 2.37. The molecule has 3 aromatic heterocycles. The fourth-order valence-electron chi connectivity index (χ4n) is 3.18. The zero-order chi connectivity index (χ0) is 17.3. The van der Waals surface area contributed by atoms with Crippen LogP contribution in [0, 0.1) is 0 Å². The van der Waals surface area contributed by atoms with E-state index in [1.807, 2.05) is 17.5 Å². The number of nitrogens with one attached hydrogen (secondary N) is 1. The van der Waals surface area contributed by atoms with Crippen molar-refractivity contribution in [2.24, 2.45) is 0 Å². The number of amides is 1. The first-order chi connectivity index (χ1) is 12.2. The molecule has 0 radical (unpaired) electrons. The second-order valence-electron chi connectivity index (χ2n) is 6.14. The molecular formula is C18H18N2O4S. The van der Waals surface area contributed by atoms with Gasteiger partial charge in [0.1, 0.15) is 11.5 Å². The van der Waals surface area contributed by atoms with E-state index in [-0.39, 0.29) is 12.5 Å². The summed E-state index contributed by atoms with van der Waals surface area (Å²) in [5, 5.41) is 19.8. The largest absolute Gasteiger partial charge is 0.466 e. The van der Waals surface area contributed by atoms with E-state index in [1.165, 1.54) is 17.6 Å². The number of hydrogen-bond donors (Lipinski definition) is 2. The molecule has 130 valence electrons. The van der Waals surface area contributed by atoms with Crippen LogP contribution in [0.4, 0.5) is 0 Å². The molecule has 3 heterocycles. The molecule has 0 spiro atoms. The summed E-state index contributed by atoms with van der Waals surface area (Å²) in [6, 6.07) is 7.08. The van der Waals surface area contributed by atoms with Crippen LogP contribution in [0.1, 0.15) is 45.3 Å². The van der Waals surface area contributed by atoms with Crippen LogP contribution < -0.4 is 5.32 Å². The molecule has 2 N–H and O–H groups in total. The number of nitrogens with zero attached hydrogens (tertiary/aromatic N) is 1. The number of aryl methyl sites for hydroxylation is 1. The lowest BCUT2D eigenvalue weighted by atomic mass is 9.96. The molecule has 0 saturated carbocycles. The average molecular weight is 358 g/mol. The molecule has 7 heteroatoms. The van der Waals surface area contributed by atoms with Gasteiger partial charge in [0.25, 0.3) is 5.91 Å². The van der Waals surface area contributed by atoms with E-state index in [4.69, 9.17) is 8.94 Å². The van der Waals surface area contributed by atoms with Crippen LogP contribution in [0.25, 0.3) is 0 Å².